The molecule has 0 bridgehead atoms. The number of fused-ring (bicyclic) bond motifs is 1. The number of rotatable bonds is 2. The van der Waals surface area contributed by atoms with Crippen LogP contribution in [0.3, 0.4) is 0 Å². The molecule has 0 saturated carbocycles. The molecule has 4 nitrogen and oxygen atoms in total. The van der Waals surface area contributed by atoms with Gasteiger partial charge in [-0.3, -0.25) is 4.98 Å². The number of pyridine rings is 1. The zero-order valence-electron chi connectivity index (χ0n) is 10.4. The molecule has 2 aromatic rings. The van der Waals surface area contributed by atoms with Crippen molar-refractivity contribution in [3.63, 3.8) is 0 Å². The number of carboxylic acids is 1. The molecule has 0 spiro atoms. The van der Waals surface area contributed by atoms with Gasteiger partial charge < -0.3 is 9.84 Å². The number of hydrogen-bond acceptors (Lipinski definition) is 3. The van der Waals surface area contributed by atoms with Gasteiger partial charge >= 0.3 is 5.97 Å². The number of nitrogens with zero attached hydrogens (tertiary/aromatic N) is 1. The summed E-state index contributed by atoms with van der Waals surface area (Å²) in [6.45, 7) is 1.21. The lowest BCUT2D eigenvalue weighted by Crippen LogP contribution is -2.06. The maximum atomic E-state index is 11.4. The highest BCUT2D eigenvalue weighted by atomic mass is 35.5. The van der Waals surface area contributed by atoms with Crippen LogP contribution in [0.4, 0.5) is 0 Å². The summed E-state index contributed by atoms with van der Waals surface area (Å²) in [5, 5.41) is 10.5. The van der Waals surface area contributed by atoms with Crippen LogP contribution in [0.15, 0.2) is 18.2 Å². The highest BCUT2D eigenvalue weighted by molar-refractivity contribution is 6.45. The fourth-order valence-electron chi connectivity index (χ4n) is 2.41. The molecule has 104 valence electrons. The van der Waals surface area contributed by atoms with E-state index in [0.717, 1.165) is 6.42 Å². The van der Waals surface area contributed by atoms with Gasteiger partial charge in [-0.2, -0.15) is 0 Å². The van der Waals surface area contributed by atoms with Gasteiger partial charge in [0.15, 0.2) is 0 Å². The molecule has 20 heavy (non-hydrogen) atoms. The Balaban J connectivity index is 2.28. The van der Waals surface area contributed by atoms with Crippen molar-refractivity contribution in [1.82, 2.24) is 4.98 Å². The van der Waals surface area contributed by atoms with Crippen LogP contribution in [-0.2, 0) is 4.74 Å². The third kappa shape index (κ3) is 2.24. The normalized spacial score (nSPS) is 18.6. The number of halogens is 2. The van der Waals surface area contributed by atoms with E-state index >= 15 is 0 Å². The van der Waals surface area contributed by atoms with Crippen molar-refractivity contribution in [2.75, 3.05) is 13.2 Å². The molecule has 1 saturated heterocycles. The summed E-state index contributed by atoms with van der Waals surface area (Å²) in [6, 6.07) is 4.82. The van der Waals surface area contributed by atoms with Crippen molar-refractivity contribution < 1.29 is 14.6 Å². The third-order valence-corrected chi connectivity index (χ3v) is 4.27. The first-order valence-electron chi connectivity index (χ1n) is 6.17. The van der Waals surface area contributed by atoms with Gasteiger partial charge in [-0.15, -0.1) is 0 Å². The van der Waals surface area contributed by atoms with Gasteiger partial charge in [0.2, 0.25) is 0 Å². The molecule has 0 aliphatic carbocycles. The molecule has 6 heteroatoms. The summed E-state index contributed by atoms with van der Waals surface area (Å²) >= 11 is 12.2. The second kappa shape index (κ2) is 5.20. The van der Waals surface area contributed by atoms with Gasteiger partial charge in [-0.05, 0) is 18.6 Å². The summed E-state index contributed by atoms with van der Waals surface area (Å²) in [4.78, 5) is 15.9. The lowest BCUT2D eigenvalue weighted by molar-refractivity contribution is 0.0698. The Kier molecular flexibility index (Phi) is 3.54. The SMILES string of the molecule is O=C(O)c1cc(C2CCOC2)nc2c(Cl)c(Cl)ccc12. The molecule has 2 heterocycles. The first-order chi connectivity index (χ1) is 9.58. The minimum absolute atomic E-state index is 0.104. The molecule has 1 unspecified atom stereocenters. The van der Waals surface area contributed by atoms with Crippen molar-refractivity contribution in [2.24, 2.45) is 0 Å². The first kappa shape index (κ1) is 13.6. The summed E-state index contributed by atoms with van der Waals surface area (Å²) in [7, 11) is 0. The topological polar surface area (TPSA) is 59.4 Å². The number of benzene rings is 1. The van der Waals surface area contributed by atoms with E-state index < -0.39 is 5.97 Å². The molecule has 1 aromatic heterocycles. The van der Waals surface area contributed by atoms with E-state index in [1.165, 1.54) is 0 Å². The maximum absolute atomic E-state index is 11.4. The van der Waals surface area contributed by atoms with Gasteiger partial charge in [0.1, 0.15) is 0 Å². The summed E-state index contributed by atoms with van der Waals surface area (Å²) in [5.41, 5.74) is 1.31. The average Bonchev–Trinajstić information content (AvgIpc) is 2.96. The zero-order chi connectivity index (χ0) is 14.3. The number of carbonyl (C=O) groups is 1. The minimum atomic E-state index is -1.00. The van der Waals surface area contributed by atoms with Crippen molar-refractivity contribution in [3.05, 3.63) is 39.5 Å². The number of carboxylic acid groups (broad SMARTS) is 1. The average molecular weight is 312 g/mol. The van der Waals surface area contributed by atoms with Crippen molar-refractivity contribution in [2.45, 2.75) is 12.3 Å². The number of ether oxygens (including phenoxy) is 1. The van der Waals surface area contributed by atoms with E-state index in [1.54, 1.807) is 18.2 Å². The van der Waals surface area contributed by atoms with E-state index in [0.29, 0.717) is 34.8 Å². The van der Waals surface area contributed by atoms with E-state index in [-0.39, 0.29) is 16.5 Å². The number of aromatic carboxylic acids is 1. The van der Waals surface area contributed by atoms with Crippen LogP contribution in [0.5, 0.6) is 0 Å². The van der Waals surface area contributed by atoms with Gasteiger partial charge in [-0.1, -0.05) is 29.3 Å². The van der Waals surface area contributed by atoms with E-state index in [4.69, 9.17) is 27.9 Å². The lowest BCUT2D eigenvalue weighted by Gasteiger charge is -2.12. The van der Waals surface area contributed by atoms with Crippen LogP contribution in [0, 0.1) is 0 Å². The molecular formula is C14H11Cl2NO3. The second-order valence-corrected chi connectivity index (χ2v) is 5.50. The molecular weight excluding hydrogens is 301 g/mol. The Morgan fingerprint density at radius 2 is 2.20 bits per heavy atom. The fourth-order valence-corrected chi connectivity index (χ4v) is 2.77. The van der Waals surface area contributed by atoms with Crippen molar-refractivity contribution in [3.8, 4) is 0 Å². The predicted molar refractivity (Wildman–Crippen MR) is 76.9 cm³/mol. The smallest absolute Gasteiger partial charge is 0.336 e. The van der Waals surface area contributed by atoms with Gasteiger partial charge in [0.25, 0.3) is 0 Å². The fraction of sp³-hybridized carbons (Fsp3) is 0.286. The summed E-state index contributed by atoms with van der Waals surface area (Å²) in [6.07, 6.45) is 0.829. The first-order valence-corrected chi connectivity index (χ1v) is 6.93. The third-order valence-electron chi connectivity index (χ3n) is 3.47. The standard InChI is InChI=1S/C14H11Cl2NO3/c15-10-2-1-8-9(14(18)19)5-11(7-3-4-20-6-7)17-13(8)12(10)16/h1-2,5,7H,3-4,6H2,(H,18,19). The summed E-state index contributed by atoms with van der Waals surface area (Å²) < 4.78 is 5.33. The Labute approximate surface area is 125 Å². The minimum Gasteiger partial charge on any atom is -0.478 e. The molecule has 0 amide bonds. The second-order valence-electron chi connectivity index (χ2n) is 4.72. The van der Waals surface area contributed by atoms with Gasteiger partial charge in [0, 0.05) is 23.6 Å². The Morgan fingerprint density at radius 3 is 2.85 bits per heavy atom. The number of aromatic nitrogens is 1. The maximum Gasteiger partial charge on any atom is 0.336 e. The lowest BCUT2D eigenvalue weighted by atomic mass is 10.00. The molecule has 1 N–H and O–H groups in total. The molecule has 3 rings (SSSR count). The molecule has 1 aliphatic rings. The summed E-state index contributed by atoms with van der Waals surface area (Å²) in [5.74, 6) is -0.900. The largest absolute Gasteiger partial charge is 0.478 e. The molecule has 0 radical (unpaired) electrons. The zero-order valence-corrected chi connectivity index (χ0v) is 11.9. The van der Waals surface area contributed by atoms with Gasteiger partial charge in [-0.25, -0.2) is 4.79 Å². The highest BCUT2D eigenvalue weighted by Gasteiger charge is 2.23. The molecule has 1 aromatic carbocycles. The van der Waals surface area contributed by atoms with Crippen LogP contribution in [0.2, 0.25) is 10.0 Å². The van der Waals surface area contributed by atoms with E-state index in [2.05, 4.69) is 4.98 Å². The Morgan fingerprint density at radius 1 is 1.40 bits per heavy atom. The quantitative estimate of drug-likeness (QED) is 0.917. The highest BCUT2D eigenvalue weighted by Crippen LogP contribution is 2.34. The van der Waals surface area contributed by atoms with Crippen molar-refractivity contribution in [1.29, 1.82) is 0 Å². The Hall–Kier alpha value is -1.36. The number of hydrogen-bond donors (Lipinski definition) is 1. The molecule has 1 atom stereocenters. The Bertz CT molecular complexity index is 696. The van der Waals surface area contributed by atoms with Crippen LogP contribution in [-0.4, -0.2) is 29.3 Å². The monoisotopic (exact) mass is 311 g/mol. The van der Waals surface area contributed by atoms with Gasteiger partial charge in [0.05, 0.1) is 27.7 Å². The van der Waals surface area contributed by atoms with Crippen LogP contribution in [0.1, 0.15) is 28.4 Å². The van der Waals surface area contributed by atoms with E-state index in [9.17, 15) is 9.90 Å². The van der Waals surface area contributed by atoms with Crippen molar-refractivity contribution >= 4 is 40.1 Å². The predicted octanol–water partition coefficient (Wildman–Crippen LogP) is 3.74. The van der Waals surface area contributed by atoms with Crippen LogP contribution < -0.4 is 0 Å². The van der Waals surface area contributed by atoms with Crippen LogP contribution in [0.25, 0.3) is 10.9 Å². The van der Waals surface area contributed by atoms with E-state index in [1.807, 2.05) is 0 Å². The van der Waals surface area contributed by atoms with Crippen LogP contribution >= 0.6 is 23.2 Å². The molecule has 1 fully saturated rings. The molecule has 1 aliphatic heterocycles.